The Morgan fingerprint density at radius 3 is 2.12 bits per heavy atom. The first-order valence-corrected chi connectivity index (χ1v) is 7.95. The fourth-order valence-corrected chi connectivity index (χ4v) is 2.63. The molecule has 1 aromatic heterocycles. The molecule has 0 saturated carbocycles. The standard InChI is InChI=1S/C18H20N4O2/c1-14-2-4-15(5-3-14)17(23)21-10-12-22(13-11-21)18(24)20-16-6-8-19-9-7-16/h2-9H,10-13H2,1H3,(H,19,20,24). The van der Waals surface area contributed by atoms with Gasteiger partial charge >= 0.3 is 6.03 Å². The van der Waals surface area contributed by atoms with Crippen molar-refractivity contribution in [2.24, 2.45) is 0 Å². The van der Waals surface area contributed by atoms with E-state index in [1.165, 1.54) is 0 Å². The molecule has 1 fully saturated rings. The van der Waals surface area contributed by atoms with Gasteiger partial charge in [0.25, 0.3) is 5.91 Å². The molecule has 1 aliphatic rings. The predicted octanol–water partition coefficient (Wildman–Crippen LogP) is 2.38. The van der Waals surface area contributed by atoms with Crippen LogP contribution in [0.2, 0.25) is 0 Å². The molecular formula is C18H20N4O2. The predicted molar refractivity (Wildman–Crippen MR) is 91.9 cm³/mol. The van der Waals surface area contributed by atoms with Gasteiger partial charge in [0, 0.05) is 49.8 Å². The number of piperazine rings is 1. The lowest BCUT2D eigenvalue weighted by molar-refractivity contribution is 0.0671. The first kappa shape index (κ1) is 16.0. The molecule has 0 unspecified atom stereocenters. The van der Waals surface area contributed by atoms with E-state index in [0.717, 1.165) is 5.56 Å². The summed E-state index contributed by atoms with van der Waals surface area (Å²) in [5.74, 6) is 0.0178. The highest BCUT2D eigenvalue weighted by molar-refractivity contribution is 5.94. The lowest BCUT2D eigenvalue weighted by Crippen LogP contribution is -2.51. The number of rotatable bonds is 2. The Kier molecular flexibility index (Phi) is 4.74. The minimum Gasteiger partial charge on any atom is -0.335 e. The summed E-state index contributed by atoms with van der Waals surface area (Å²) in [6, 6.07) is 10.9. The van der Waals surface area contributed by atoms with Crippen LogP contribution in [0.1, 0.15) is 15.9 Å². The van der Waals surface area contributed by atoms with Gasteiger partial charge in [-0.3, -0.25) is 9.78 Å². The first-order valence-electron chi connectivity index (χ1n) is 7.95. The molecule has 0 spiro atoms. The summed E-state index contributed by atoms with van der Waals surface area (Å²) >= 11 is 0. The maximum atomic E-state index is 12.5. The smallest absolute Gasteiger partial charge is 0.321 e. The summed E-state index contributed by atoms with van der Waals surface area (Å²) in [4.78, 5) is 32.2. The zero-order valence-electron chi connectivity index (χ0n) is 13.6. The van der Waals surface area contributed by atoms with Crippen LogP contribution < -0.4 is 5.32 Å². The van der Waals surface area contributed by atoms with Gasteiger partial charge in [-0.25, -0.2) is 4.79 Å². The normalized spacial score (nSPS) is 14.4. The molecule has 0 atom stereocenters. The summed E-state index contributed by atoms with van der Waals surface area (Å²) in [5, 5.41) is 2.84. The molecule has 2 heterocycles. The summed E-state index contributed by atoms with van der Waals surface area (Å²) < 4.78 is 0. The Hall–Kier alpha value is -2.89. The minimum atomic E-state index is -0.149. The SMILES string of the molecule is Cc1ccc(C(=O)N2CCN(C(=O)Nc3ccncc3)CC2)cc1. The van der Waals surface area contributed by atoms with Crippen LogP contribution in [0.5, 0.6) is 0 Å². The number of hydrogen-bond acceptors (Lipinski definition) is 3. The van der Waals surface area contributed by atoms with Crippen LogP contribution in [0.15, 0.2) is 48.8 Å². The van der Waals surface area contributed by atoms with Gasteiger partial charge in [0.2, 0.25) is 0 Å². The Bertz CT molecular complexity index is 708. The highest BCUT2D eigenvalue weighted by atomic mass is 16.2. The summed E-state index contributed by atoms with van der Waals surface area (Å²) in [6.07, 6.45) is 3.27. The average molecular weight is 324 g/mol. The van der Waals surface area contributed by atoms with Crippen LogP contribution in [0.4, 0.5) is 10.5 Å². The number of nitrogens with zero attached hydrogens (tertiary/aromatic N) is 3. The van der Waals surface area contributed by atoms with E-state index in [-0.39, 0.29) is 11.9 Å². The van der Waals surface area contributed by atoms with E-state index in [4.69, 9.17) is 0 Å². The number of carbonyl (C=O) groups excluding carboxylic acids is 2. The number of anilines is 1. The van der Waals surface area contributed by atoms with Gasteiger partial charge in [-0.1, -0.05) is 17.7 Å². The van der Waals surface area contributed by atoms with Crippen molar-refractivity contribution in [1.29, 1.82) is 0 Å². The Morgan fingerprint density at radius 2 is 1.50 bits per heavy atom. The van der Waals surface area contributed by atoms with E-state index in [0.29, 0.717) is 37.4 Å². The summed E-state index contributed by atoms with van der Waals surface area (Å²) in [7, 11) is 0. The molecule has 0 radical (unpaired) electrons. The minimum absolute atomic E-state index is 0.0178. The van der Waals surface area contributed by atoms with E-state index < -0.39 is 0 Å². The fraction of sp³-hybridized carbons (Fsp3) is 0.278. The Morgan fingerprint density at radius 1 is 0.917 bits per heavy atom. The van der Waals surface area contributed by atoms with Crippen molar-refractivity contribution < 1.29 is 9.59 Å². The number of hydrogen-bond donors (Lipinski definition) is 1. The molecule has 3 amide bonds. The fourth-order valence-electron chi connectivity index (χ4n) is 2.63. The van der Waals surface area contributed by atoms with E-state index in [1.807, 2.05) is 31.2 Å². The maximum Gasteiger partial charge on any atom is 0.321 e. The summed E-state index contributed by atoms with van der Waals surface area (Å²) in [5.41, 5.74) is 2.53. The van der Waals surface area contributed by atoms with Gasteiger partial charge < -0.3 is 15.1 Å². The highest BCUT2D eigenvalue weighted by Crippen LogP contribution is 2.12. The van der Waals surface area contributed by atoms with Crippen LogP contribution in [0.3, 0.4) is 0 Å². The topological polar surface area (TPSA) is 65.5 Å². The molecule has 3 rings (SSSR count). The number of carbonyl (C=O) groups is 2. The second-order valence-corrected chi connectivity index (χ2v) is 5.81. The number of amides is 3. The van der Waals surface area contributed by atoms with Crippen molar-refractivity contribution in [3.05, 3.63) is 59.9 Å². The van der Waals surface area contributed by atoms with Crippen LogP contribution in [0, 0.1) is 6.92 Å². The quantitative estimate of drug-likeness (QED) is 0.922. The van der Waals surface area contributed by atoms with E-state index in [1.54, 1.807) is 34.3 Å². The van der Waals surface area contributed by atoms with Crippen LogP contribution in [0.25, 0.3) is 0 Å². The van der Waals surface area contributed by atoms with Gasteiger partial charge in [-0.05, 0) is 31.2 Å². The molecular weight excluding hydrogens is 304 g/mol. The number of nitrogens with one attached hydrogen (secondary N) is 1. The maximum absolute atomic E-state index is 12.5. The molecule has 6 nitrogen and oxygen atoms in total. The third-order valence-corrected chi connectivity index (χ3v) is 4.08. The molecule has 0 bridgehead atoms. The lowest BCUT2D eigenvalue weighted by Gasteiger charge is -2.34. The first-order chi connectivity index (χ1) is 11.6. The Balaban J connectivity index is 1.54. The molecule has 124 valence electrons. The molecule has 2 aromatic rings. The van der Waals surface area contributed by atoms with Gasteiger partial charge in [0.15, 0.2) is 0 Å². The Labute approximate surface area is 141 Å². The van der Waals surface area contributed by atoms with Gasteiger partial charge in [-0.2, -0.15) is 0 Å². The average Bonchev–Trinajstić information content (AvgIpc) is 2.63. The number of benzene rings is 1. The van der Waals surface area contributed by atoms with E-state index in [9.17, 15) is 9.59 Å². The van der Waals surface area contributed by atoms with Crippen molar-refractivity contribution in [2.45, 2.75) is 6.92 Å². The van der Waals surface area contributed by atoms with Crippen molar-refractivity contribution in [3.63, 3.8) is 0 Å². The van der Waals surface area contributed by atoms with Crippen molar-refractivity contribution in [1.82, 2.24) is 14.8 Å². The lowest BCUT2D eigenvalue weighted by atomic mass is 10.1. The molecule has 1 aliphatic heterocycles. The van der Waals surface area contributed by atoms with Gasteiger partial charge in [0.1, 0.15) is 0 Å². The third-order valence-electron chi connectivity index (χ3n) is 4.08. The highest BCUT2D eigenvalue weighted by Gasteiger charge is 2.24. The zero-order chi connectivity index (χ0) is 16.9. The molecule has 1 N–H and O–H groups in total. The second-order valence-electron chi connectivity index (χ2n) is 5.81. The van der Waals surface area contributed by atoms with E-state index >= 15 is 0 Å². The largest absolute Gasteiger partial charge is 0.335 e. The van der Waals surface area contributed by atoms with Gasteiger partial charge in [-0.15, -0.1) is 0 Å². The molecule has 1 saturated heterocycles. The summed E-state index contributed by atoms with van der Waals surface area (Å²) in [6.45, 7) is 4.12. The van der Waals surface area contributed by atoms with E-state index in [2.05, 4.69) is 10.3 Å². The zero-order valence-corrected chi connectivity index (χ0v) is 13.6. The number of urea groups is 1. The van der Waals surface area contributed by atoms with Gasteiger partial charge in [0.05, 0.1) is 0 Å². The van der Waals surface area contributed by atoms with Crippen LogP contribution >= 0.6 is 0 Å². The number of pyridine rings is 1. The molecule has 0 aliphatic carbocycles. The molecule has 6 heteroatoms. The third kappa shape index (κ3) is 3.71. The van der Waals surface area contributed by atoms with Crippen LogP contribution in [-0.4, -0.2) is 52.9 Å². The molecule has 24 heavy (non-hydrogen) atoms. The van der Waals surface area contributed by atoms with Crippen molar-refractivity contribution in [3.8, 4) is 0 Å². The van der Waals surface area contributed by atoms with Crippen LogP contribution in [-0.2, 0) is 0 Å². The van der Waals surface area contributed by atoms with Crippen molar-refractivity contribution in [2.75, 3.05) is 31.5 Å². The molecule has 1 aromatic carbocycles. The second kappa shape index (κ2) is 7.12. The van der Waals surface area contributed by atoms with Crippen molar-refractivity contribution >= 4 is 17.6 Å². The number of aryl methyl sites for hydroxylation is 1. The monoisotopic (exact) mass is 324 g/mol. The number of aromatic nitrogens is 1.